The van der Waals surface area contributed by atoms with Crippen LogP contribution in [0.15, 0.2) is 36.7 Å². The number of rotatable bonds is 7. The molecule has 0 bridgehead atoms. The van der Waals surface area contributed by atoms with Gasteiger partial charge in [0.1, 0.15) is 11.4 Å². The SMILES string of the molecule is CCC(=O)c1ccc(C2(O)CCC(CC3CCN(C(=O)C4CCN(c5cc(C(F)(F)F)ccn5)CC4)C3)CC2)nc1. The zero-order valence-corrected chi connectivity index (χ0v) is 23.6. The van der Waals surface area contributed by atoms with Crippen molar-refractivity contribution in [2.45, 2.75) is 76.5 Å². The first kappa shape index (κ1) is 29.5. The molecule has 2 saturated heterocycles. The Kier molecular flexibility index (Phi) is 8.68. The van der Waals surface area contributed by atoms with Crippen molar-refractivity contribution in [3.05, 3.63) is 53.5 Å². The van der Waals surface area contributed by atoms with Gasteiger partial charge in [0.25, 0.3) is 0 Å². The summed E-state index contributed by atoms with van der Waals surface area (Å²) in [5.74, 6) is 1.36. The lowest BCUT2D eigenvalue weighted by Crippen LogP contribution is -2.42. The van der Waals surface area contributed by atoms with Gasteiger partial charge in [-0.05, 0) is 87.5 Å². The van der Waals surface area contributed by atoms with E-state index in [0.717, 1.165) is 50.9 Å². The van der Waals surface area contributed by atoms with Crippen molar-refractivity contribution in [3.63, 3.8) is 0 Å². The van der Waals surface area contributed by atoms with Gasteiger partial charge < -0.3 is 14.9 Å². The Morgan fingerprint density at radius 2 is 1.73 bits per heavy atom. The Labute approximate surface area is 239 Å². The first-order chi connectivity index (χ1) is 19.6. The third kappa shape index (κ3) is 6.74. The molecule has 1 atom stereocenters. The summed E-state index contributed by atoms with van der Waals surface area (Å²) in [4.78, 5) is 37.5. The van der Waals surface area contributed by atoms with Gasteiger partial charge >= 0.3 is 6.18 Å². The molecule has 1 aliphatic carbocycles. The van der Waals surface area contributed by atoms with Crippen molar-refractivity contribution >= 4 is 17.5 Å². The molecule has 222 valence electrons. The number of Topliss-reactive ketones (excluding diaryl/α,β-unsaturated/α-hetero) is 1. The third-order valence-electron chi connectivity index (χ3n) is 9.32. The molecular formula is C31H39F3N4O3. The van der Waals surface area contributed by atoms with E-state index in [1.807, 2.05) is 16.7 Å². The Hall–Kier alpha value is -3.01. The van der Waals surface area contributed by atoms with Crippen LogP contribution in [-0.2, 0) is 16.6 Å². The van der Waals surface area contributed by atoms with Crippen molar-refractivity contribution in [3.8, 4) is 0 Å². The van der Waals surface area contributed by atoms with Gasteiger partial charge in [0, 0.05) is 56.5 Å². The van der Waals surface area contributed by atoms with Gasteiger partial charge in [-0.25, -0.2) is 4.98 Å². The number of pyridine rings is 2. The predicted molar refractivity (Wildman–Crippen MR) is 148 cm³/mol. The number of likely N-dealkylation sites (tertiary alicyclic amines) is 1. The highest BCUT2D eigenvalue weighted by atomic mass is 19.4. The molecule has 4 heterocycles. The molecule has 41 heavy (non-hydrogen) atoms. The number of aromatic nitrogens is 2. The van der Waals surface area contributed by atoms with Gasteiger partial charge in [0.2, 0.25) is 5.91 Å². The van der Waals surface area contributed by atoms with Crippen molar-refractivity contribution < 1.29 is 27.9 Å². The number of anilines is 1. The van der Waals surface area contributed by atoms with Crippen LogP contribution >= 0.6 is 0 Å². The molecule has 0 aromatic carbocycles. The van der Waals surface area contributed by atoms with Gasteiger partial charge in [0.15, 0.2) is 5.78 Å². The van der Waals surface area contributed by atoms with Gasteiger partial charge in [-0.1, -0.05) is 6.92 Å². The Morgan fingerprint density at radius 1 is 1.00 bits per heavy atom. The summed E-state index contributed by atoms with van der Waals surface area (Å²) in [6.07, 6.45) is 5.11. The molecule has 3 fully saturated rings. The van der Waals surface area contributed by atoms with E-state index in [9.17, 15) is 27.9 Å². The lowest BCUT2D eigenvalue weighted by Gasteiger charge is -2.36. The first-order valence-corrected chi connectivity index (χ1v) is 14.8. The molecule has 0 spiro atoms. The van der Waals surface area contributed by atoms with Crippen LogP contribution in [0, 0.1) is 17.8 Å². The molecule has 7 nitrogen and oxygen atoms in total. The number of aliphatic hydroxyl groups is 1. The summed E-state index contributed by atoms with van der Waals surface area (Å²) in [5, 5.41) is 11.2. The summed E-state index contributed by atoms with van der Waals surface area (Å²) in [6, 6.07) is 5.60. The molecule has 1 unspecified atom stereocenters. The number of ketones is 1. The topological polar surface area (TPSA) is 86.6 Å². The second-order valence-electron chi connectivity index (χ2n) is 12.0. The Balaban J connectivity index is 1.07. The average Bonchev–Trinajstić information content (AvgIpc) is 3.46. The number of alkyl halides is 3. The van der Waals surface area contributed by atoms with Crippen LogP contribution in [0.4, 0.5) is 19.0 Å². The van der Waals surface area contributed by atoms with Gasteiger partial charge in [0.05, 0.1) is 11.3 Å². The molecule has 1 saturated carbocycles. The largest absolute Gasteiger partial charge is 0.416 e. The summed E-state index contributed by atoms with van der Waals surface area (Å²) < 4.78 is 39.3. The molecule has 2 aliphatic heterocycles. The molecule has 5 rings (SSSR count). The molecular weight excluding hydrogens is 533 g/mol. The van der Waals surface area contributed by atoms with E-state index in [2.05, 4.69) is 9.97 Å². The zero-order valence-electron chi connectivity index (χ0n) is 23.6. The number of nitrogens with zero attached hydrogens (tertiary/aromatic N) is 4. The quantitative estimate of drug-likeness (QED) is 0.434. The third-order valence-corrected chi connectivity index (χ3v) is 9.32. The maximum Gasteiger partial charge on any atom is 0.416 e. The van der Waals surface area contributed by atoms with Crippen molar-refractivity contribution in [1.82, 2.24) is 14.9 Å². The average molecular weight is 573 g/mol. The highest BCUT2D eigenvalue weighted by Gasteiger charge is 2.39. The van der Waals surface area contributed by atoms with E-state index in [4.69, 9.17) is 0 Å². The second-order valence-corrected chi connectivity index (χ2v) is 12.0. The standard InChI is InChI=1S/C31H39F3N4O3/c1-2-26(39)24-3-4-27(36-19-24)30(41)11-5-21(6-12-30)17-22-8-14-38(20-22)29(40)23-9-15-37(16-10-23)28-18-25(7-13-35-28)31(32,33)34/h3-4,7,13,18-19,21-23,41H,2,5-6,8-12,14-17,20H2,1H3. The molecule has 2 aromatic rings. The van der Waals surface area contributed by atoms with E-state index < -0.39 is 17.3 Å². The van der Waals surface area contributed by atoms with Gasteiger partial charge in [-0.3, -0.25) is 14.6 Å². The summed E-state index contributed by atoms with van der Waals surface area (Å²) in [5.41, 5.74) is -0.453. The van der Waals surface area contributed by atoms with Crippen LogP contribution in [0.1, 0.15) is 86.3 Å². The minimum absolute atomic E-state index is 0.0433. The minimum atomic E-state index is -4.41. The number of hydrogen-bond acceptors (Lipinski definition) is 6. The van der Waals surface area contributed by atoms with Crippen LogP contribution in [0.25, 0.3) is 0 Å². The van der Waals surface area contributed by atoms with E-state index in [1.54, 1.807) is 18.3 Å². The molecule has 10 heteroatoms. The van der Waals surface area contributed by atoms with Crippen LogP contribution in [0.5, 0.6) is 0 Å². The van der Waals surface area contributed by atoms with Crippen LogP contribution in [0.3, 0.4) is 0 Å². The number of amides is 1. The van der Waals surface area contributed by atoms with E-state index in [0.29, 0.717) is 74.1 Å². The number of piperidine rings is 1. The molecule has 1 amide bonds. The molecule has 1 N–H and O–H groups in total. The lowest BCUT2D eigenvalue weighted by molar-refractivity contribution is -0.137. The normalized spacial score (nSPS) is 25.9. The number of halogens is 3. The predicted octanol–water partition coefficient (Wildman–Crippen LogP) is 5.62. The summed E-state index contributed by atoms with van der Waals surface area (Å²) >= 11 is 0. The van der Waals surface area contributed by atoms with Crippen molar-refractivity contribution in [2.75, 3.05) is 31.1 Å². The van der Waals surface area contributed by atoms with Gasteiger partial charge in [-0.2, -0.15) is 13.2 Å². The van der Waals surface area contributed by atoms with E-state index in [1.165, 1.54) is 6.20 Å². The molecule has 3 aliphatic rings. The molecule has 0 radical (unpaired) electrons. The Morgan fingerprint density at radius 3 is 2.37 bits per heavy atom. The number of hydrogen-bond donors (Lipinski definition) is 1. The van der Waals surface area contributed by atoms with Crippen molar-refractivity contribution in [1.29, 1.82) is 0 Å². The van der Waals surface area contributed by atoms with Crippen molar-refractivity contribution in [2.24, 2.45) is 17.8 Å². The fourth-order valence-corrected chi connectivity index (χ4v) is 6.76. The number of carbonyl (C=O) groups is 2. The van der Waals surface area contributed by atoms with E-state index in [-0.39, 0.29) is 17.6 Å². The zero-order chi connectivity index (χ0) is 29.2. The van der Waals surface area contributed by atoms with Gasteiger partial charge in [-0.15, -0.1) is 0 Å². The maximum absolute atomic E-state index is 13.3. The number of carbonyl (C=O) groups excluding carboxylic acids is 2. The van der Waals surface area contributed by atoms with Crippen LogP contribution in [-0.4, -0.2) is 57.8 Å². The highest BCUT2D eigenvalue weighted by molar-refractivity contribution is 5.95. The fourth-order valence-electron chi connectivity index (χ4n) is 6.76. The summed E-state index contributed by atoms with van der Waals surface area (Å²) in [6.45, 7) is 4.35. The monoisotopic (exact) mass is 572 g/mol. The van der Waals surface area contributed by atoms with E-state index >= 15 is 0 Å². The fraction of sp³-hybridized carbons (Fsp3) is 0.613. The molecule has 2 aromatic heterocycles. The lowest BCUT2D eigenvalue weighted by atomic mass is 9.74. The smallest absolute Gasteiger partial charge is 0.384 e. The van der Waals surface area contributed by atoms with Crippen LogP contribution < -0.4 is 4.90 Å². The second kappa shape index (κ2) is 12.1. The highest BCUT2D eigenvalue weighted by Crippen LogP contribution is 2.42. The minimum Gasteiger partial charge on any atom is -0.384 e. The maximum atomic E-state index is 13.3. The first-order valence-electron chi connectivity index (χ1n) is 14.8. The van der Waals surface area contributed by atoms with Crippen LogP contribution in [0.2, 0.25) is 0 Å². The Bertz CT molecular complexity index is 1220. The summed E-state index contributed by atoms with van der Waals surface area (Å²) in [7, 11) is 0.